The second kappa shape index (κ2) is 8.65. The molecular formula is C21H28N2O4. The van der Waals surface area contributed by atoms with E-state index in [-0.39, 0.29) is 42.1 Å². The summed E-state index contributed by atoms with van der Waals surface area (Å²) in [5.74, 6) is -0.755. The van der Waals surface area contributed by atoms with Gasteiger partial charge in [0.05, 0.1) is 12.5 Å². The number of hydrogen-bond acceptors (Lipinski definition) is 4. The Balaban J connectivity index is 1.65. The number of carbonyl (C=O) groups is 3. The minimum Gasteiger partial charge on any atom is -0.373 e. The molecule has 1 aromatic rings. The molecule has 1 saturated heterocycles. The van der Waals surface area contributed by atoms with Gasteiger partial charge in [-0.25, -0.2) is 0 Å². The van der Waals surface area contributed by atoms with Gasteiger partial charge in [0.25, 0.3) is 5.91 Å². The fourth-order valence-electron chi connectivity index (χ4n) is 4.00. The Kier molecular flexibility index (Phi) is 6.26. The Hall–Kier alpha value is -2.21. The molecule has 0 radical (unpaired) electrons. The number of rotatable bonds is 7. The summed E-state index contributed by atoms with van der Waals surface area (Å²) >= 11 is 0. The van der Waals surface area contributed by atoms with Crippen LogP contribution in [0.15, 0.2) is 30.3 Å². The summed E-state index contributed by atoms with van der Waals surface area (Å²) in [5.41, 5.74) is 0.587. The minimum atomic E-state index is -0.613. The highest BCUT2D eigenvalue weighted by Gasteiger charge is 2.35. The summed E-state index contributed by atoms with van der Waals surface area (Å²) in [4.78, 5) is 37.1. The molecule has 0 spiro atoms. The predicted molar refractivity (Wildman–Crippen MR) is 101 cm³/mol. The first-order valence-electron chi connectivity index (χ1n) is 9.71. The Bertz CT molecular complexity index is 683. The van der Waals surface area contributed by atoms with E-state index in [2.05, 4.69) is 17.6 Å². The van der Waals surface area contributed by atoms with E-state index < -0.39 is 6.04 Å². The summed E-state index contributed by atoms with van der Waals surface area (Å²) in [6.07, 6.45) is 5.04. The number of nitrogens with one attached hydrogen (secondary N) is 2. The van der Waals surface area contributed by atoms with Gasteiger partial charge in [0.1, 0.15) is 12.6 Å². The lowest BCUT2D eigenvalue weighted by Gasteiger charge is -2.29. The van der Waals surface area contributed by atoms with Crippen molar-refractivity contribution >= 4 is 17.6 Å². The third kappa shape index (κ3) is 5.16. The van der Waals surface area contributed by atoms with Gasteiger partial charge in [-0.3, -0.25) is 14.4 Å². The summed E-state index contributed by atoms with van der Waals surface area (Å²) in [7, 11) is 0. The number of amides is 2. The van der Waals surface area contributed by atoms with Crippen molar-refractivity contribution in [2.24, 2.45) is 11.3 Å². The molecule has 1 aliphatic carbocycles. The predicted octanol–water partition coefficient (Wildman–Crippen LogP) is 2.09. The van der Waals surface area contributed by atoms with E-state index in [0.29, 0.717) is 18.6 Å². The van der Waals surface area contributed by atoms with Crippen molar-refractivity contribution in [2.75, 3.05) is 19.8 Å². The molecule has 2 aliphatic rings. The van der Waals surface area contributed by atoms with Crippen LogP contribution in [0.5, 0.6) is 0 Å². The van der Waals surface area contributed by atoms with Crippen LogP contribution in [-0.4, -0.2) is 43.4 Å². The van der Waals surface area contributed by atoms with Crippen molar-refractivity contribution in [1.29, 1.82) is 0 Å². The van der Waals surface area contributed by atoms with Gasteiger partial charge >= 0.3 is 0 Å². The largest absolute Gasteiger partial charge is 0.373 e. The molecule has 6 heteroatoms. The van der Waals surface area contributed by atoms with Crippen LogP contribution in [0.3, 0.4) is 0 Å². The van der Waals surface area contributed by atoms with Crippen LogP contribution < -0.4 is 10.6 Å². The number of benzene rings is 1. The minimum absolute atomic E-state index is 0.0166. The van der Waals surface area contributed by atoms with Gasteiger partial charge in [-0.2, -0.15) is 0 Å². The first-order valence-corrected chi connectivity index (χ1v) is 9.71. The molecule has 1 heterocycles. The summed E-state index contributed by atoms with van der Waals surface area (Å²) in [5, 5.41) is 5.75. The van der Waals surface area contributed by atoms with E-state index in [1.165, 1.54) is 0 Å². The monoisotopic (exact) mass is 372 g/mol. The molecule has 1 unspecified atom stereocenters. The lowest BCUT2D eigenvalue weighted by atomic mass is 9.81. The maximum atomic E-state index is 12.8. The highest BCUT2D eigenvalue weighted by Crippen LogP contribution is 2.41. The Morgan fingerprint density at radius 2 is 1.93 bits per heavy atom. The van der Waals surface area contributed by atoms with Crippen molar-refractivity contribution in [3.8, 4) is 0 Å². The van der Waals surface area contributed by atoms with Crippen LogP contribution in [0.2, 0.25) is 0 Å². The van der Waals surface area contributed by atoms with Gasteiger partial charge in [0.15, 0.2) is 5.78 Å². The van der Waals surface area contributed by atoms with Crippen molar-refractivity contribution in [3.05, 3.63) is 35.9 Å². The summed E-state index contributed by atoms with van der Waals surface area (Å²) in [6.45, 7) is 2.90. The van der Waals surface area contributed by atoms with Crippen LogP contribution >= 0.6 is 0 Å². The lowest BCUT2D eigenvalue weighted by Crippen LogP contribution is -2.50. The zero-order chi connectivity index (χ0) is 19.3. The maximum absolute atomic E-state index is 12.8. The normalized spacial score (nSPS) is 22.4. The molecule has 2 fully saturated rings. The lowest BCUT2D eigenvalue weighted by molar-refractivity contribution is -0.124. The van der Waals surface area contributed by atoms with Gasteiger partial charge in [-0.15, -0.1) is 0 Å². The van der Waals surface area contributed by atoms with Crippen LogP contribution in [0.25, 0.3) is 0 Å². The number of ether oxygens (including phenoxy) is 1. The molecule has 0 bridgehead atoms. The average Bonchev–Trinajstić information content (AvgIpc) is 3.28. The zero-order valence-corrected chi connectivity index (χ0v) is 15.8. The summed E-state index contributed by atoms with van der Waals surface area (Å²) < 4.78 is 5.14. The van der Waals surface area contributed by atoms with Crippen LogP contribution in [0.1, 0.15) is 49.4 Å². The number of ketones is 1. The molecule has 1 saturated carbocycles. The Morgan fingerprint density at radius 3 is 2.56 bits per heavy atom. The topological polar surface area (TPSA) is 84.5 Å². The van der Waals surface area contributed by atoms with Crippen LogP contribution in [0, 0.1) is 11.3 Å². The smallest absolute Gasteiger partial charge is 0.251 e. The molecule has 2 amide bonds. The molecule has 6 nitrogen and oxygen atoms in total. The summed E-state index contributed by atoms with van der Waals surface area (Å²) in [6, 6.07) is 8.30. The molecule has 2 N–H and O–H groups in total. The number of carbonyl (C=O) groups excluding carboxylic acids is 3. The van der Waals surface area contributed by atoms with Crippen LogP contribution in [-0.2, 0) is 14.3 Å². The van der Waals surface area contributed by atoms with Gasteiger partial charge < -0.3 is 15.4 Å². The van der Waals surface area contributed by atoms with Gasteiger partial charge in [-0.05, 0) is 36.8 Å². The highest BCUT2D eigenvalue weighted by molar-refractivity contribution is 5.97. The zero-order valence-electron chi connectivity index (χ0n) is 15.8. The van der Waals surface area contributed by atoms with Crippen molar-refractivity contribution in [2.45, 2.75) is 45.1 Å². The average molecular weight is 372 g/mol. The van der Waals surface area contributed by atoms with Crippen molar-refractivity contribution in [1.82, 2.24) is 10.6 Å². The molecule has 146 valence electrons. The van der Waals surface area contributed by atoms with E-state index in [1.54, 1.807) is 24.3 Å². The third-order valence-corrected chi connectivity index (χ3v) is 5.71. The third-order valence-electron chi connectivity index (χ3n) is 5.71. The van der Waals surface area contributed by atoms with Crippen LogP contribution in [0.4, 0.5) is 0 Å². The van der Waals surface area contributed by atoms with Gasteiger partial charge in [-0.1, -0.05) is 38.0 Å². The van der Waals surface area contributed by atoms with E-state index in [1.807, 2.05) is 6.07 Å². The van der Waals surface area contributed by atoms with E-state index in [0.717, 1.165) is 25.7 Å². The van der Waals surface area contributed by atoms with E-state index >= 15 is 0 Å². The van der Waals surface area contributed by atoms with Gasteiger partial charge in [0.2, 0.25) is 5.91 Å². The molecule has 0 aromatic heterocycles. The molecule has 1 aliphatic heterocycles. The van der Waals surface area contributed by atoms with Crippen molar-refractivity contribution < 1.29 is 19.1 Å². The quantitative estimate of drug-likeness (QED) is 0.768. The first kappa shape index (κ1) is 19.5. The Labute approximate surface area is 160 Å². The van der Waals surface area contributed by atoms with E-state index in [4.69, 9.17) is 4.74 Å². The first-order chi connectivity index (χ1) is 13.0. The highest BCUT2D eigenvalue weighted by atomic mass is 16.5. The van der Waals surface area contributed by atoms with E-state index in [9.17, 15) is 14.4 Å². The molecular weight excluding hydrogens is 344 g/mol. The second-order valence-electron chi connectivity index (χ2n) is 8.04. The molecule has 27 heavy (non-hydrogen) atoms. The molecule has 1 aromatic carbocycles. The fourth-order valence-corrected chi connectivity index (χ4v) is 4.00. The molecule has 2 atom stereocenters. The number of hydrogen-bond donors (Lipinski definition) is 2. The molecule has 3 rings (SSSR count). The number of Topliss-reactive ketones (excluding diaryl/α,β-unsaturated/α-hetero) is 1. The Morgan fingerprint density at radius 1 is 1.22 bits per heavy atom. The standard InChI is InChI=1S/C21H28N2O4/c1-21(9-5-6-10-21)11-17(23-19(25)15-7-3-2-4-8-15)20(26)22-12-16-13-27-14-18(16)24/h2-4,7-8,16-17H,5-6,9-14H2,1H3,(H,22,26)(H,23,25)/t16?,17-/m0/s1. The second-order valence-corrected chi connectivity index (χ2v) is 8.04. The maximum Gasteiger partial charge on any atom is 0.251 e. The van der Waals surface area contributed by atoms with Gasteiger partial charge in [0, 0.05) is 12.1 Å². The van der Waals surface area contributed by atoms with Crippen molar-refractivity contribution in [3.63, 3.8) is 0 Å². The SMILES string of the molecule is CC1(C[C@H](NC(=O)c2ccccc2)C(=O)NCC2COCC2=O)CCCC1. The fraction of sp³-hybridized carbons (Fsp3) is 0.571.